The van der Waals surface area contributed by atoms with Gasteiger partial charge in [-0.05, 0) is 48.7 Å². The van der Waals surface area contributed by atoms with Crippen LogP contribution < -0.4 is 0 Å². The molecule has 5 unspecified atom stereocenters. The highest BCUT2D eigenvalue weighted by molar-refractivity contribution is 9.10. The van der Waals surface area contributed by atoms with E-state index in [4.69, 9.17) is 16.3 Å². The molecule has 1 saturated heterocycles. The van der Waals surface area contributed by atoms with Gasteiger partial charge in [0.1, 0.15) is 4.51 Å². The maximum atomic E-state index is 11.1. The largest absolute Gasteiger partial charge is 0.385 e. The molecule has 1 heterocycles. The lowest BCUT2D eigenvalue weighted by Crippen LogP contribution is -2.65. The summed E-state index contributed by atoms with van der Waals surface area (Å²) in [6.07, 6.45) is 5.29. The number of alkyl halides is 3. The van der Waals surface area contributed by atoms with Crippen LogP contribution in [0.4, 0.5) is 0 Å². The summed E-state index contributed by atoms with van der Waals surface area (Å²) in [5.41, 5.74) is -1.50. The molecule has 1 saturated carbocycles. The molecule has 3 aliphatic rings. The fourth-order valence-corrected chi connectivity index (χ4v) is 6.21. The summed E-state index contributed by atoms with van der Waals surface area (Å²) in [4.78, 5) is -0.216. The van der Waals surface area contributed by atoms with Crippen LogP contribution in [-0.4, -0.2) is 31.0 Å². The smallest absolute Gasteiger partial charge is 0.147 e. The van der Waals surface area contributed by atoms with Crippen molar-refractivity contribution in [1.82, 2.24) is 0 Å². The van der Waals surface area contributed by atoms with E-state index in [0.29, 0.717) is 0 Å². The second kappa shape index (κ2) is 4.05. The molecule has 1 aliphatic heterocycles. The molecule has 0 aromatic rings. The van der Waals surface area contributed by atoms with Crippen molar-refractivity contribution in [3.8, 4) is 0 Å². The van der Waals surface area contributed by atoms with Crippen LogP contribution in [-0.2, 0) is 4.74 Å². The first kappa shape index (κ1) is 15.8. The summed E-state index contributed by atoms with van der Waals surface area (Å²) in [5, 5.41) is 11.1. The summed E-state index contributed by atoms with van der Waals surface area (Å²) < 4.78 is 5.84. The number of hydrogen-bond acceptors (Lipinski definition) is 2. The molecule has 1 spiro atoms. The minimum absolute atomic E-state index is 0.0711. The Labute approximate surface area is 142 Å². The average molecular weight is 429 g/mol. The SMILES string of the molecule is CC1(Cl)CC2OC3(Br)C=C[C@@](C)(O)C2(CC1Br)C3(C)C. The Kier molecular flexibility index (Phi) is 3.20. The molecule has 6 atom stereocenters. The molecule has 1 N–H and O–H groups in total. The van der Waals surface area contributed by atoms with Crippen LogP contribution in [0.15, 0.2) is 12.2 Å². The van der Waals surface area contributed by atoms with Gasteiger partial charge < -0.3 is 9.84 Å². The molecule has 3 rings (SSSR count). The number of fused-ring (bicyclic) bond motifs is 1. The van der Waals surface area contributed by atoms with E-state index >= 15 is 0 Å². The zero-order valence-corrected chi connectivity index (χ0v) is 16.1. The third kappa shape index (κ3) is 1.58. The lowest BCUT2D eigenvalue weighted by molar-refractivity contribution is -0.132. The normalized spacial score (nSPS) is 60.4. The van der Waals surface area contributed by atoms with Crippen LogP contribution >= 0.6 is 43.5 Å². The van der Waals surface area contributed by atoms with Gasteiger partial charge in [-0.25, -0.2) is 0 Å². The molecule has 0 aromatic heterocycles. The van der Waals surface area contributed by atoms with E-state index in [1.54, 1.807) is 0 Å². The molecule has 2 fully saturated rings. The minimum atomic E-state index is -0.908. The monoisotopic (exact) mass is 426 g/mol. The Morgan fingerprint density at radius 3 is 2.40 bits per heavy atom. The molecule has 0 aromatic carbocycles. The van der Waals surface area contributed by atoms with Crippen molar-refractivity contribution < 1.29 is 9.84 Å². The van der Waals surface area contributed by atoms with Crippen molar-refractivity contribution in [2.75, 3.05) is 0 Å². The molecular formula is C15H21Br2ClO2. The molecule has 0 amide bonds. The van der Waals surface area contributed by atoms with E-state index in [-0.39, 0.29) is 26.6 Å². The predicted octanol–water partition coefficient (Wildman–Crippen LogP) is 4.36. The van der Waals surface area contributed by atoms with Gasteiger partial charge in [0.2, 0.25) is 0 Å². The van der Waals surface area contributed by atoms with Crippen LogP contribution in [0, 0.1) is 10.8 Å². The Balaban J connectivity index is 2.21. The summed E-state index contributed by atoms with van der Waals surface area (Å²) in [5.74, 6) is 0. The number of halogens is 3. The topological polar surface area (TPSA) is 29.5 Å². The van der Waals surface area contributed by atoms with Crippen molar-refractivity contribution in [1.29, 1.82) is 0 Å². The van der Waals surface area contributed by atoms with E-state index in [2.05, 4.69) is 45.7 Å². The van der Waals surface area contributed by atoms with E-state index < -0.39 is 10.1 Å². The number of rotatable bonds is 0. The highest BCUT2D eigenvalue weighted by atomic mass is 79.9. The summed E-state index contributed by atoms with van der Waals surface area (Å²) in [6.45, 7) is 8.30. The highest BCUT2D eigenvalue weighted by Crippen LogP contribution is 2.73. The quantitative estimate of drug-likeness (QED) is 0.459. The molecule has 114 valence electrons. The molecule has 20 heavy (non-hydrogen) atoms. The van der Waals surface area contributed by atoms with Gasteiger partial charge in [0.05, 0.1) is 16.6 Å². The van der Waals surface area contributed by atoms with Gasteiger partial charge in [-0.15, -0.1) is 11.6 Å². The van der Waals surface area contributed by atoms with Gasteiger partial charge in [-0.3, -0.25) is 0 Å². The van der Waals surface area contributed by atoms with Crippen LogP contribution in [0.3, 0.4) is 0 Å². The van der Waals surface area contributed by atoms with E-state index in [9.17, 15) is 5.11 Å². The second-order valence-electron chi connectivity index (χ2n) is 7.48. The fraction of sp³-hybridized carbons (Fsp3) is 0.867. The molecule has 5 heteroatoms. The second-order valence-corrected chi connectivity index (χ2v) is 10.6. The lowest BCUT2D eigenvalue weighted by Gasteiger charge is -2.59. The zero-order chi connectivity index (χ0) is 15.2. The highest BCUT2D eigenvalue weighted by Gasteiger charge is 2.76. The Bertz CT molecular complexity index is 488. The first-order valence-electron chi connectivity index (χ1n) is 7.02. The first-order valence-corrected chi connectivity index (χ1v) is 9.11. The van der Waals surface area contributed by atoms with Crippen molar-refractivity contribution in [2.45, 2.75) is 66.5 Å². The molecule has 2 bridgehead atoms. The molecule has 2 nitrogen and oxygen atoms in total. The number of ether oxygens (including phenoxy) is 1. The maximum absolute atomic E-state index is 11.1. The van der Waals surface area contributed by atoms with Gasteiger partial charge in [0.15, 0.2) is 0 Å². The van der Waals surface area contributed by atoms with E-state index in [1.165, 1.54) is 0 Å². The summed E-state index contributed by atoms with van der Waals surface area (Å²) in [7, 11) is 0. The maximum Gasteiger partial charge on any atom is 0.147 e. The van der Waals surface area contributed by atoms with Crippen LogP contribution in [0.25, 0.3) is 0 Å². The minimum Gasteiger partial charge on any atom is -0.385 e. The summed E-state index contributed by atoms with van der Waals surface area (Å²) in [6, 6.07) is 0. The standard InChI is InChI=1S/C15H21Br2ClO2/c1-11(2)14-7-9(16)12(3,18)8-10(14)20-15(11,17)6-5-13(14,4)19/h5-6,9-10,19H,7-8H2,1-4H3/t9?,10?,12?,13-,14?,15?/m1/s1. The van der Waals surface area contributed by atoms with Crippen LogP contribution in [0.5, 0.6) is 0 Å². The van der Waals surface area contributed by atoms with Crippen molar-refractivity contribution >= 4 is 43.5 Å². The molecule has 2 aliphatic carbocycles. The molecular weight excluding hydrogens is 407 g/mol. The van der Waals surface area contributed by atoms with Gasteiger partial charge in [0, 0.05) is 15.7 Å². The Hall–Kier alpha value is 0.910. The van der Waals surface area contributed by atoms with Crippen molar-refractivity contribution in [3.63, 3.8) is 0 Å². The van der Waals surface area contributed by atoms with Crippen molar-refractivity contribution in [2.24, 2.45) is 10.8 Å². The average Bonchev–Trinajstić information content (AvgIpc) is 2.37. The Morgan fingerprint density at radius 1 is 1.20 bits per heavy atom. The van der Waals surface area contributed by atoms with Gasteiger partial charge in [0.25, 0.3) is 0 Å². The Morgan fingerprint density at radius 2 is 1.80 bits per heavy atom. The van der Waals surface area contributed by atoms with Crippen molar-refractivity contribution in [3.05, 3.63) is 12.2 Å². The third-order valence-corrected chi connectivity index (χ3v) is 9.55. The predicted molar refractivity (Wildman–Crippen MR) is 88.7 cm³/mol. The number of aliphatic hydroxyl groups is 1. The van der Waals surface area contributed by atoms with Gasteiger partial charge in [-0.1, -0.05) is 35.9 Å². The van der Waals surface area contributed by atoms with Crippen LogP contribution in [0.1, 0.15) is 40.5 Å². The zero-order valence-electron chi connectivity index (χ0n) is 12.2. The number of hydrogen-bond donors (Lipinski definition) is 1. The fourth-order valence-electron chi connectivity index (χ4n) is 4.58. The van der Waals surface area contributed by atoms with E-state index in [0.717, 1.165) is 12.8 Å². The van der Waals surface area contributed by atoms with Gasteiger partial charge in [-0.2, -0.15) is 0 Å². The third-order valence-electron chi connectivity index (χ3n) is 6.10. The first-order chi connectivity index (χ1) is 8.90. The van der Waals surface area contributed by atoms with Gasteiger partial charge >= 0.3 is 0 Å². The van der Waals surface area contributed by atoms with Crippen LogP contribution in [0.2, 0.25) is 0 Å². The van der Waals surface area contributed by atoms with E-state index in [1.807, 2.05) is 26.0 Å². The molecule has 0 radical (unpaired) electrons. The summed E-state index contributed by atoms with van der Waals surface area (Å²) >= 11 is 14.2. The lowest BCUT2D eigenvalue weighted by atomic mass is 9.47.